The van der Waals surface area contributed by atoms with Crippen LogP contribution in [0.2, 0.25) is 0 Å². The van der Waals surface area contributed by atoms with Crippen molar-refractivity contribution >= 4 is 0 Å². The lowest BCUT2D eigenvalue weighted by molar-refractivity contribution is -0.183. The summed E-state index contributed by atoms with van der Waals surface area (Å²) < 4.78 is 0. The first-order valence-corrected chi connectivity index (χ1v) is 6.94. The monoisotopic (exact) mass is 243 g/mol. The normalized spacial score (nSPS) is 24.9. The Morgan fingerprint density at radius 1 is 0.765 bits per heavy atom. The Bertz CT molecular complexity index is 188. The molecule has 1 heterocycles. The second-order valence-electron chi connectivity index (χ2n) is 4.95. The van der Waals surface area contributed by atoms with Gasteiger partial charge in [-0.1, -0.05) is 38.5 Å². The van der Waals surface area contributed by atoms with Crippen LogP contribution >= 0.6 is 0 Å². The Balaban J connectivity index is 2.43. The third kappa shape index (κ3) is 5.79. The van der Waals surface area contributed by atoms with Crippen LogP contribution in [-0.2, 0) is 0 Å². The number of hydrogen-bond donors (Lipinski definition) is 2. The lowest BCUT2D eigenvalue weighted by atomic mass is 10.1. The fraction of sp³-hybridized carbons (Fsp3) is 1.00. The van der Waals surface area contributed by atoms with Crippen LogP contribution in [0.5, 0.6) is 0 Å². The van der Waals surface area contributed by atoms with Crippen molar-refractivity contribution in [2.75, 3.05) is 27.2 Å². The number of nitrogens with two attached hydrogens (primary N) is 1. The summed E-state index contributed by atoms with van der Waals surface area (Å²) in [4.78, 5) is 0. The fourth-order valence-corrected chi connectivity index (χ4v) is 2.28. The van der Waals surface area contributed by atoms with Crippen molar-refractivity contribution in [1.29, 1.82) is 0 Å². The van der Waals surface area contributed by atoms with Gasteiger partial charge in [-0.2, -0.15) is 15.8 Å². The molecule has 3 N–H and O–H groups in total. The van der Waals surface area contributed by atoms with E-state index in [0.717, 1.165) is 13.1 Å². The molecule has 0 saturated carbocycles. The highest BCUT2D eigenvalue weighted by Crippen LogP contribution is 2.11. The minimum absolute atomic E-state index is 0.970. The Morgan fingerprint density at radius 2 is 1.24 bits per heavy atom. The lowest BCUT2D eigenvalue weighted by Gasteiger charge is -2.36. The van der Waals surface area contributed by atoms with Gasteiger partial charge in [0.1, 0.15) is 0 Å². The zero-order valence-corrected chi connectivity index (χ0v) is 11.5. The summed E-state index contributed by atoms with van der Waals surface area (Å²) in [5, 5.41) is 6.29. The van der Waals surface area contributed by atoms with Gasteiger partial charge in [-0.25, -0.2) is 5.01 Å². The maximum Gasteiger partial charge on any atom is 0.0317 e. The first-order valence-electron chi connectivity index (χ1n) is 6.94. The van der Waals surface area contributed by atoms with Gasteiger partial charge >= 0.3 is 0 Å². The number of hydrazine groups is 4. The van der Waals surface area contributed by atoms with Crippen molar-refractivity contribution in [1.82, 2.24) is 20.8 Å². The molecule has 1 saturated heterocycles. The molecule has 0 aromatic carbocycles. The third-order valence-electron chi connectivity index (χ3n) is 3.59. The zero-order chi connectivity index (χ0) is 12.5. The minimum atomic E-state index is 0.970. The SMILES string of the molecule is CN1CCCCCCCCCCN(NN)N1C. The van der Waals surface area contributed by atoms with E-state index in [1.54, 1.807) is 0 Å². The molecule has 1 fully saturated rings. The smallest absolute Gasteiger partial charge is 0.0317 e. The van der Waals surface area contributed by atoms with Gasteiger partial charge in [0.05, 0.1) is 0 Å². The topological polar surface area (TPSA) is 47.8 Å². The molecule has 0 aromatic heterocycles. The number of hydrogen-bond acceptors (Lipinski definition) is 5. The van der Waals surface area contributed by atoms with Crippen LogP contribution in [0.3, 0.4) is 0 Å². The molecule has 1 aliphatic heterocycles. The molecule has 0 atom stereocenters. The van der Waals surface area contributed by atoms with Gasteiger partial charge in [0.2, 0.25) is 0 Å². The number of nitrogens with one attached hydrogen (secondary N) is 1. The Hall–Kier alpha value is -0.200. The molecule has 0 unspecified atom stereocenters. The number of rotatable bonds is 1. The van der Waals surface area contributed by atoms with Crippen molar-refractivity contribution in [3.8, 4) is 0 Å². The molecule has 5 nitrogen and oxygen atoms in total. The summed E-state index contributed by atoms with van der Waals surface area (Å²) in [6.45, 7) is 2.06. The van der Waals surface area contributed by atoms with E-state index in [2.05, 4.69) is 29.8 Å². The van der Waals surface area contributed by atoms with Gasteiger partial charge in [0, 0.05) is 27.2 Å². The maximum absolute atomic E-state index is 5.57. The van der Waals surface area contributed by atoms with E-state index in [-0.39, 0.29) is 0 Å². The Morgan fingerprint density at radius 3 is 1.76 bits per heavy atom. The average molecular weight is 243 g/mol. The third-order valence-corrected chi connectivity index (χ3v) is 3.59. The Labute approximate surface area is 106 Å². The largest absolute Gasteiger partial charge is 0.256 e. The first kappa shape index (κ1) is 14.9. The van der Waals surface area contributed by atoms with Crippen molar-refractivity contribution < 1.29 is 0 Å². The van der Waals surface area contributed by atoms with Crippen molar-refractivity contribution in [3.05, 3.63) is 0 Å². The van der Waals surface area contributed by atoms with Crippen LogP contribution in [0, 0.1) is 0 Å². The summed E-state index contributed by atoms with van der Waals surface area (Å²) in [5.41, 5.74) is 2.77. The summed E-state index contributed by atoms with van der Waals surface area (Å²) in [7, 11) is 4.17. The second-order valence-corrected chi connectivity index (χ2v) is 4.95. The van der Waals surface area contributed by atoms with Crippen LogP contribution in [0.15, 0.2) is 0 Å². The highest BCUT2D eigenvalue weighted by atomic mass is 16.0. The molecule has 0 aliphatic carbocycles. The van der Waals surface area contributed by atoms with E-state index in [1.807, 2.05) is 5.12 Å². The molecule has 0 spiro atoms. The van der Waals surface area contributed by atoms with E-state index in [4.69, 9.17) is 5.84 Å². The molecule has 0 bridgehead atoms. The van der Waals surface area contributed by atoms with Crippen LogP contribution in [0.4, 0.5) is 0 Å². The van der Waals surface area contributed by atoms with E-state index in [9.17, 15) is 0 Å². The summed E-state index contributed by atoms with van der Waals surface area (Å²) >= 11 is 0. The molecular formula is C12H29N5. The van der Waals surface area contributed by atoms with Gasteiger partial charge in [0.25, 0.3) is 0 Å². The first-order chi connectivity index (χ1) is 8.25. The second kappa shape index (κ2) is 8.83. The van der Waals surface area contributed by atoms with Crippen LogP contribution in [0.1, 0.15) is 51.4 Å². The zero-order valence-electron chi connectivity index (χ0n) is 11.5. The predicted octanol–water partition coefficient (Wildman–Crippen LogP) is 1.49. The van der Waals surface area contributed by atoms with Crippen molar-refractivity contribution in [2.45, 2.75) is 51.4 Å². The quantitative estimate of drug-likeness (QED) is 0.540. The minimum Gasteiger partial charge on any atom is -0.256 e. The summed E-state index contributed by atoms with van der Waals surface area (Å²) in [6.07, 6.45) is 10.6. The molecule has 0 radical (unpaired) electrons. The molecular weight excluding hydrogens is 214 g/mol. The van der Waals surface area contributed by atoms with Gasteiger partial charge < -0.3 is 0 Å². The molecule has 1 rings (SSSR count). The van der Waals surface area contributed by atoms with Gasteiger partial charge in [-0.3, -0.25) is 5.84 Å². The number of nitrogens with zero attached hydrogens (tertiary/aromatic N) is 3. The van der Waals surface area contributed by atoms with Crippen LogP contribution in [0.25, 0.3) is 0 Å². The average Bonchev–Trinajstić information content (AvgIpc) is 2.35. The predicted molar refractivity (Wildman–Crippen MR) is 71.4 cm³/mol. The summed E-state index contributed by atoms with van der Waals surface area (Å²) in [6, 6.07) is 0. The Kier molecular flexibility index (Phi) is 7.72. The fourth-order valence-electron chi connectivity index (χ4n) is 2.28. The van der Waals surface area contributed by atoms with Crippen LogP contribution < -0.4 is 11.4 Å². The van der Waals surface area contributed by atoms with Crippen molar-refractivity contribution in [2.24, 2.45) is 5.84 Å². The van der Waals surface area contributed by atoms with Crippen molar-refractivity contribution in [3.63, 3.8) is 0 Å². The lowest BCUT2D eigenvalue weighted by Crippen LogP contribution is -2.58. The molecule has 1 aliphatic rings. The van der Waals surface area contributed by atoms with Crippen LogP contribution in [-0.4, -0.2) is 42.4 Å². The maximum atomic E-state index is 5.57. The van der Waals surface area contributed by atoms with E-state index in [1.165, 1.54) is 51.4 Å². The van der Waals surface area contributed by atoms with E-state index >= 15 is 0 Å². The molecule has 102 valence electrons. The van der Waals surface area contributed by atoms with Gasteiger partial charge in [-0.15, -0.1) is 0 Å². The molecule has 17 heavy (non-hydrogen) atoms. The van der Waals surface area contributed by atoms with E-state index < -0.39 is 0 Å². The molecule has 0 amide bonds. The van der Waals surface area contributed by atoms with E-state index in [0.29, 0.717) is 0 Å². The summed E-state index contributed by atoms with van der Waals surface area (Å²) in [5.74, 6) is 5.57. The molecule has 0 aromatic rings. The highest BCUT2D eigenvalue weighted by molar-refractivity contribution is 4.54. The highest BCUT2D eigenvalue weighted by Gasteiger charge is 2.13. The van der Waals surface area contributed by atoms with Gasteiger partial charge in [0.15, 0.2) is 0 Å². The van der Waals surface area contributed by atoms with Gasteiger partial charge in [-0.05, 0) is 12.8 Å². The standard InChI is InChI=1S/C12H29N5/c1-15-11-9-7-5-3-4-6-8-10-12-17(14-13)16(15)2/h14H,3-13H2,1-2H3. The molecule has 5 heteroatoms.